The van der Waals surface area contributed by atoms with E-state index in [0.29, 0.717) is 26.1 Å². The van der Waals surface area contributed by atoms with E-state index in [4.69, 9.17) is 5.73 Å². The molecule has 0 heterocycles. The van der Waals surface area contributed by atoms with Gasteiger partial charge in [0.2, 0.25) is 10.0 Å². The molecule has 1 rings (SSSR count). The summed E-state index contributed by atoms with van der Waals surface area (Å²) >= 11 is 2.99. The number of hydrogen-bond donors (Lipinski definition) is 1. The second kappa shape index (κ2) is 7.53. The standard InChI is InChI=1S/C13H21BrFN3O2S/c1-4-5-18(7-6-17(2)3)21(19,20)12-9-10(16)8-11(14)13(12)15/h8-9H,4-7,16H2,1-3H3. The number of anilines is 1. The van der Waals surface area contributed by atoms with Crippen molar-refractivity contribution in [2.24, 2.45) is 0 Å². The first-order chi connectivity index (χ1) is 9.70. The van der Waals surface area contributed by atoms with Gasteiger partial charge in [-0.2, -0.15) is 4.31 Å². The average Bonchev–Trinajstić information content (AvgIpc) is 2.38. The van der Waals surface area contributed by atoms with Crippen LogP contribution < -0.4 is 5.73 Å². The topological polar surface area (TPSA) is 66.6 Å². The summed E-state index contributed by atoms with van der Waals surface area (Å²) in [5.74, 6) is -0.810. The van der Waals surface area contributed by atoms with Gasteiger partial charge >= 0.3 is 0 Å². The molecule has 120 valence electrons. The smallest absolute Gasteiger partial charge is 0.246 e. The predicted octanol–water partition coefficient (Wildman–Crippen LogP) is 2.13. The van der Waals surface area contributed by atoms with Crippen molar-refractivity contribution >= 4 is 31.6 Å². The fraction of sp³-hybridized carbons (Fsp3) is 0.538. The molecule has 1 aromatic rings. The Bertz CT molecular complexity index is 593. The van der Waals surface area contributed by atoms with Gasteiger partial charge in [-0.15, -0.1) is 0 Å². The molecule has 0 bridgehead atoms. The maximum atomic E-state index is 14.2. The van der Waals surface area contributed by atoms with E-state index in [1.54, 1.807) is 0 Å². The highest BCUT2D eigenvalue weighted by molar-refractivity contribution is 9.10. The summed E-state index contributed by atoms with van der Waals surface area (Å²) in [5, 5.41) is 0. The van der Waals surface area contributed by atoms with E-state index in [-0.39, 0.29) is 15.1 Å². The Balaban J connectivity index is 3.22. The van der Waals surface area contributed by atoms with Crippen molar-refractivity contribution in [3.8, 4) is 0 Å². The lowest BCUT2D eigenvalue weighted by atomic mass is 10.3. The zero-order valence-electron chi connectivity index (χ0n) is 12.4. The Kier molecular flexibility index (Phi) is 6.58. The number of halogens is 2. The predicted molar refractivity (Wildman–Crippen MR) is 86.1 cm³/mol. The molecule has 1 aromatic carbocycles. The van der Waals surface area contributed by atoms with Gasteiger partial charge in [-0.3, -0.25) is 0 Å². The Morgan fingerprint density at radius 1 is 1.24 bits per heavy atom. The van der Waals surface area contributed by atoms with Crippen molar-refractivity contribution in [3.63, 3.8) is 0 Å². The minimum atomic E-state index is -3.91. The van der Waals surface area contributed by atoms with Crippen LogP contribution in [-0.4, -0.2) is 51.4 Å². The van der Waals surface area contributed by atoms with E-state index in [1.807, 2.05) is 25.9 Å². The van der Waals surface area contributed by atoms with Crippen LogP contribution in [0.3, 0.4) is 0 Å². The van der Waals surface area contributed by atoms with Gasteiger partial charge < -0.3 is 10.6 Å². The molecule has 0 radical (unpaired) electrons. The Morgan fingerprint density at radius 3 is 2.38 bits per heavy atom. The lowest BCUT2D eigenvalue weighted by molar-refractivity contribution is 0.332. The van der Waals surface area contributed by atoms with Crippen LogP contribution in [0.25, 0.3) is 0 Å². The number of nitrogens with two attached hydrogens (primary N) is 1. The zero-order valence-corrected chi connectivity index (χ0v) is 14.8. The van der Waals surface area contributed by atoms with E-state index in [0.717, 1.165) is 6.07 Å². The number of nitrogen functional groups attached to an aromatic ring is 1. The number of hydrogen-bond acceptors (Lipinski definition) is 4. The molecule has 0 spiro atoms. The first-order valence-electron chi connectivity index (χ1n) is 6.59. The van der Waals surface area contributed by atoms with Gasteiger partial charge in [0.05, 0.1) is 4.47 Å². The Hall–Kier alpha value is -0.700. The molecule has 0 aliphatic carbocycles. The fourth-order valence-electron chi connectivity index (χ4n) is 1.82. The molecule has 8 heteroatoms. The number of benzene rings is 1. The Morgan fingerprint density at radius 2 is 1.86 bits per heavy atom. The van der Waals surface area contributed by atoms with Crippen molar-refractivity contribution in [3.05, 3.63) is 22.4 Å². The number of likely N-dealkylation sites (N-methyl/N-ethyl adjacent to an activating group) is 1. The molecule has 0 aliphatic rings. The summed E-state index contributed by atoms with van der Waals surface area (Å²) in [7, 11) is -0.202. The van der Waals surface area contributed by atoms with Gasteiger partial charge in [-0.25, -0.2) is 12.8 Å². The van der Waals surface area contributed by atoms with Gasteiger partial charge in [0.15, 0.2) is 5.82 Å². The van der Waals surface area contributed by atoms with Crippen molar-refractivity contribution in [2.45, 2.75) is 18.2 Å². The van der Waals surface area contributed by atoms with Crippen LogP contribution in [0.15, 0.2) is 21.5 Å². The first-order valence-corrected chi connectivity index (χ1v) is 8.82. The van der Waals surface area contributed by atoms with Crippen LogP contribution in [0.1, 0.15) is 13.3 Å². The largest absolute Gasteiger partial charge is 0.399 e. The molecule has 0 aliphatic heterocycles. The summed E-state index contributed by atoms with van der Waals surface area (Å²) in [6.07, 6.45) is 0.651. The molecule has 0 aromatic heterocycles. The molecule has 0 amide bonds. The van der Waals surface area contributed by atoms with Crippen LogP contribution in [0.2, 0.25) is 0 Å². The van der Waals surface area contributed by atoms with E-state index >= 15 is 0 Å². The summed E-state index contributed by atoms with van der Waals surface area (Å²) < 4.78 is 40.8. The molecule has 21 heavy (non-hydrogen) atoms. The summed E-state index contributed by atoms with van der Waals surface area (Å²) in [4.78, 5) is 1.49. The van der Waals surface area contributed by atoms with Crippen LogP contribution in [0, 0.1) is 5.82 Å². The molecular formula is C13H21BrFN3O2S. The quantitative estimate of drug-likeness (QED) is 0.734. The molecule has 2 N–H and O–H groups in total. The van der Waals surface area contributed by atoms with E-state index in [9.17, 15) is 12.8 Å². The monoisotopic (exact) mass is 381 g/mol. The summed E-state index contributed by atoms with van der Waals surface area (Å²) in [6.45, 7) is 3.07. The van der Waals surface area contributed by atoms with Gasteiger partial charge in [-0.05, 0) is 48.6 Å². The average molecular weight is 382 g/mol. The van der Waals surface area contributed by atoms with Gasteiger partial charge in [0.25, 0.3) is 0 Å². The molecule has 0 atom stereocenters. The van der Waals surface area contributed by atoms with Crippen LogP contribution >= 0.6 is 15.9 Å². The SMILES string of the molecule is CCCN(CCN(C)C)S(=O)(=O)c1cc(N)cc(Br)c1F. The second-order valence-corrected chi connectivity index (χ2v) is 7.78. The minimum Gasteiger partial charge on any atom is -0.399 e. The number of sulfonamides is 1. The van der Waals surface area contributed by atoms with Crippen LogP contribution in [-0.2, 0) is 10.0 Å². The highest BCUT2D eigenvalue weighted by atomic mass is 79.9. The van der Waals surface area contributed by atoms with Crippen molar-refractivity contribution in [1.82, 2.24) is 9.21 Å². The van der Waals surface area contributed by atoms with Crippen molar-refractivity contribution < 1.29 is 12.8 Å². The van der Waals surface area contributed by atoms with Gasteiger partial charge in [-0.1, -0.05) is 6.92 Å². The van der Waals surface area contributed by atoms with Crippen molar-refractivity contribution in [1.29, 1.82) is 0 Å². The molecule has 0 saturated carbocycles. The highest BCUT2D eigenvalue weighted by Crippen LogP contribution is 2.28. The molecule has 0 unspecified atom stereocenters. The number of nitrogens with zero attached hydrogens (tertiary/aromatic N) is 2. The highest BCUT2D eigenvalue weighted by Gasteiger charge is 2.28. The maximum absolute atomic E-state index is 14.2. The van der Waals surface area contributed by atoms with Crippen molar-refractivity contribution in [2.75, 3.05) is 39.5 Å². The Labute approximate surface area is 134 Å². The van der Waals surface area contributed by atoms with Crippen LogP contribution in [0.4, 0.5) is 10.1 Å². The third kappa shape index (κ3) is 4.64. The van der Waals surface area contributed by atoms with Crippen LogP contribution in [0.5, 0.6) is 0 Å². The number of rotatable bonds is 7. The summed E-state index contributed by atoms with van der Waals surface area (Å²) in [5.41, 5.74) is 5.83. The third-order valence-electron chi connectivity index (χ3n) is 2.90. The third-order valence-corrected chi connectivity index (χ3v) is 5.38. The molecular weight excluding hydrogens is 361 g/mol. The first kappa shape index (κ1) is 18.3. The van der Waals surface area contributed by atoms with E-state index in [2.05, 4.69) is 15.9 Å². The zero-order chi connectivity index (χ0) is 16.2. The van der Waals surface area contributed by atoms with E-state index < -0.39 is 15.8 Å². The van der Waals surface area contributed by atoms with Gasteiger partial charge in [0.1, 0.15) is 4.90 Å². The summed E-state index contributed by atoms with van der Waals surface area (Å²) in [6, 6.07) is 2.51. The minimum absolute atomic E-state index is 0.0464. The maximum Gasteiger partial charge on any atom is 0.246 e. The molecule has 0 fully saturated rings. The lowest BCUT2D eigenvalue weighted by Crippen LogP contribution is -2.37. The fourth-order valence-corrected chi connectivity index (χ4v) is 4.08. The second-order valence-electron chi connectivity index (χ2n) is 5.02. The molecule has 5 nitrogen and oxygen atoms in total. The lowest BCUT2D eigenvalue weighted by Gasteiger charge is -2.24. The molecule has 0 saturated heterocycles. The van der Waals surface area contributed by atoms with Gasteiger partial charge in [0, 0.05) is 25.3 Å². The normalized spacial score (nSPS) is 12.3. The van der Waals surface area contributed by atoms with E-state index in [1.165, 1.54) is 10.4 Å².